The molecule has 2 heterocycles. The van der Waals surface area contributed by atoms with Crippen LogP contribution in [0.4, 0.5) is 0 Å². The number of aliphatic carboxylic acids is 1. The van der Waals surface area contributed by atoms with Crippen LogP contribution in [-0.2, 0) is 16.0 Å². The number of aryl methyl sites for hydroxylation is 3. The summed E-state index contributed by atoms with van der Waals surface area (Å²) in [5, 5.41) is 15.3. The van der Waals surface area contributed by atoms with Gasteiger partial charge in [-0.3, -0.25) is 4.79 Å². The third-order valence-corrected chi connectivity index (χ3v) is 5.37. The van der Waals surface area contributed by atoms with Gasteiger partial charge in [-0.1, -0.05) is 13.8 Å². The summed E-state index contributed by atoms with van der Waals surface area (Å²) in [7, 11) is 0. The summed E-state index contributed by atoms with van der Waals surface area (Å²) in [5.41, 5.74) is 3.54. The standard InChI is InChI=1S/C22H25NO6/c1-10(2)18(21(25)26)23-17(24)7-6-14-12(4)16-8-15-11(3)9-28-19(15)13(5)20(16)29-22(14)27/h8-10,18H,6-7H2,1-5H3,(H,23,24)(H,25,26)/p-1/t18-/m0/s1. The Morgan fingerprint density at radius 3 is 2.41 bits per heavy atom. The average Bonchev–Trinajstić information content (AvgIpc) is 3.01. The molecule has 0 spiro atoms. The summed E-state index contributed by atoms with van der Waals surface area (Å²) in [4.78, 5) is 35.9. The molecule has 1 N–H and O–H groups in total. The Kier molecular flexibility index (Phi) is 5.50. The number of carbonyl (C=O) groups excluding carboxylic acids is 2. The van der Waals surface area contributed by atoms with E-state index in [1.165, 1.54) is 0 Å². The van der Waals surface area contributed by atoms with Crippen molar-refractivity contribution in [2.24, 2.45) is 5.92 Å². The van der Waals surface area contributed by atoms with Gasteiger partial charge in [-0.25, -0.2) is 4.79 Å². The molecule has 3 rings (SSSR count). The highest BCUT2D eigenvalue weighted by atomic mass is 16.4. The van der Waals surface area contributed by atoms with E-state index in [2.05, 4.69) is 5.32 Å². The van der Waals surface area contributed by atoms with Crippen LogP contribution in [0.25, 0.3) is 21.9 Å². The van der Waals surface area contributed by atoms with Crippen molar-refractivity contribution in [3.8, 4) is 0 Å². The number of hydrogen-bond donors (Lipinski definition) is 1. The van der Waals surface area contributed by atoms with Crippen LogP contribution in [0.15, 0.2) is 26.0 Å². The van der Waals surface area contributed by atoms with Crippen LogP contribution < -0.4 is 16.0 Å². The van der Waals surface area contributed by atoms with Gasteiger partial charge in [-0.15, -0.1) is 0 Å². The Hall–Kier alpha value is -3.09. The Labute approximate surface area is 167 Å². The fourth-order valence-electron chi connectivity index (χ4n) is 3.59. The Morgan fingerprint density at radius 2 is 1.79 bits per heavy atom. The van der Waals surface area contributed by atoms with Crippen LogP contribution >= 0.6 is 0 Å². The van der Waals surface area contributed by atoms with Crippen molar-refractivity contribution in [1.82, 2.24) is 5.32 Å². The van der Waals surface area contributed by atoms with Crippen LogP contribution in [0.1, 0.15) is 42.5 Å². The number of nitrogens with one attached hydrogen (secondary N) is 1. The molecule has 1 atom stereocenters. The van der Waals surface area contributed by atoms with E-state index in [0.717, 1.165) is 27.5 Å². The molecule has 7 heteroatoms. The molecule has 0 aliphatic carbocycles. The first-order chi connectivity index (χ1) is 13.6. The van der Waals surface area contributed by atoms with E-state index in [4.69, 9.17) is 8.83 Å². The summed E-state index contributed by atoms with van der Waals surface area (Å²) >= 11 is 0. The molecular formula is C22H24NO6-. The highest BCUT2D eigenvalue weighted by Crippen LogP contribution is 2.32. The normalized spacial score (nSPS) is 12.6. The van der Waals surface area contributed by atoms with Crippen LogP contribution in [0, 0.1) is 26.7 Å². The predicted molar refractivity (Wildman–Crippen MR) is 107 cm³/mol. The van der Waals surface area contributed by atoms with Crippen molar-refractivity contribution in [2.75, 3.05) is 0 Å². The Balaban J connectivity index is 1.93. The molecule has 0 aliphatic rings. The summed E-state index contributed by atoms with van der Waals surface area (Å²) in [6.45, 7) is 8.98. The van der Waals surface area contributed by atoms with Gasteiger partial charge in [-0.2, -0.15) is 0 Å². The minimum atomic E-state index is -1.33. The van der Waals surface area contributed by atoms with Gasteiger partial charge in [0.2, 0.25) is 5.91 Å². The molecule has 154 valence electrons. The molecule has 0 bridgehead atoms. The molecule has 0 radical (unpaired) electrons. The summed E-state index contributed by atoms with van der Waals surface area (Å²) in [6.07, 6.45) is 1.78. The quantitative estimate of drug-likeness (QED) is 0.638. The zero-order chi connectivity index (χ0) is 21.5. The lowest BCUT2D eigenvalue weighted by Crippen LogP contribution is -2.50. The number of furan rings is 1. The van der Waals surface area contributed by atoms with Crippen LogP contribution in [0.2, 0.25) is 0 Å². The van der Waals surface area contributed by atoms with Crippen molar-refractivity contribution in [3.05, 3.63) is 45.0 Å². The molecular weight excluding hydrogens is 374 g/mol. The minimum absolute atomic E-state index is 0.0282. The first-order valence-electron chi connectivity index (χ1n) is 9.55. The molecule has 2 aromatic heterocycles. The first-order valence-corrected chi connectivity index (χ1v) is 9.55. The molecule has 0 fully saturated rings. The van der Waals surface area contributed by atoms with Gasteiger partial charge < -0.3 is 24.1 Å². The number of amides is 1. The molecule has 0 unspecified atom stereocenters. The van der Waals surface area contributed by atoms with E-state index in [1.54, 1.807) is 20.1 Å². The van der Waals surface area contributed by atoms with Crippen molar-refractivity contribution >= 4 is 33.8 Å². The van der Waals surface area contributed by atoms with Gasteiger partial charge in [-0.05, 0) is 50.3 Å². The number of hydrogen-bond acceptors (Lipinski definition) is 6. The Morgan fingerprint density at radius 1 is 1.10 bits per heavy atom. The largest absolute Gasteiger partial charge is 0.548 e. The SMILES string of the molecule is Cc1coc2c(C)c3oc(=O)c(CCC(=O)N[C@H](C(=O)[O-])C(C)C)c(C)c3cc12. The van der Waals surface area contributed by atoms with Gasteiger partial charge in [0.15, 0.2) is 0 Å². The molecule has 0 saturated carbocycles. The molecule has 0 aliphatic heterocycles. The lowest BCUT2D eigenvalue weighted by Gasteiger charge is -2.23. The van der Waals surface area contributed by atoms with E-state index >= 15 is 0 Å². The predicted octanol–water partition coefficient (Wildman–Crippen LogP) is 2.29. The van der Waals surface area contributed by atoms with E-state index < -0.39 is 23.5 Å². The first kappa shape index (κ1) is 20.6. The third kappa shape index (κ3) is 3.77. The van der Waals surface area contributed by atoms with E-state index in [0.29, 0.717) is 16.7 Å². The summed E-state index contributed by atoms with van der Waals surface area (Å²) in [6, 6.07) is 0.861. The van der Waals surface area contributed by atoms with Gasteiger partial charge >= 0.3 is 5.63 Å². The van der Waals surface area contributed by atoms with E-state index in [-0.39, 0.29) is 18.8 Å². The number of fused-ring (bicyclic) bond motifs is 2. The summed E-state index contributed by atoms with van der Waals surface area (Å²) < 4.78 is 11.1. The zero-order valence-corrected chi connectivity index (χ0v) is 17.2. The van der Waals surface area contributed by atoms with Crippen LogP contribution in [0.3, 0.4) is 0 Å². The van der Waals surface area contributed by atoms with Gasteiger partial charge in [0, 0.05) is 28.3 Å². The number of rotatable bonds is 6. The van der Waals surface area contributed by atoms with Crippen LogP contribution in [0.5, 0.6) is 0 Å². The highest BCUT2D eigenvalue weighted by molar-refractivity contribution is 5.99. The fourth-order valence-corrected chi connectivity index (χ4v) is 3.59. The second kappa shape index (κ2) is 7.73. The van der Waals surface area contributed by atoms with Crippen molar-refractivity contribution in [3.63, 3.8) is 0 Å². The number of carboxylic acids is 1. The maximum atomic E-state index is 12.6. The molecule has 0 saturated heterocycles. The number of carboxylic acid groups (broad SMARTS) is 1. The van der Waals surface area contributed by atoms with E-state index in [9.17, 15) is 19.5 Å². The maximum Gasteiger partial charge on any atom is 0.339 e. The van der Waals surface area contributed by atoms with Gasteiger partial charge in [0.25, 0.3) is 0 Å². The van der Waals surface area contributed by atoms with Crippen molar-refractivity contribution < 1.29 is 23.5 Å². The monoisotopic (exact) mass is 398 g/mol. The Bertz CT molecular complexity index is 1170. The summed E-state index contributed by atoms with van der Waals surface area (Å²) in [5.74, 6) is -2.09. The molecule has 1 amide bonds. The molecule has 29 heavy (non-hydrogen) atoms. The number of carbonyl (C=O) groups is 2. The highest BCUT2D eigenvalue weighted by Gasteiger charge is 2.20. The lowest BCUT2D eigenvalue weighted by molar-refractivity contribution is -0.309. The van der Waals surface area contributed by atoms with Crippen molar-refractivity contribution in [1.29, 1.82) is 0 Å². The molecule has 1 aromatic carbocycles. The second-order valence-corrected chi connectivity index (χ2v) is 7.77. The van der Waals surface area contributed by atoms with Crippen LogP contribution in [-0.4, -0.2) is 17.9 Å². The second-order valence-electron chi connectivity index (χ2n) is 7.77. The van der Waals surface area contributed by atoms with E-state index in [1.807, 2.05) is 26.8 Å². The zero-order valence-electron chi connectivity index (χ0n) is 17.2. The smallest absolute Gasteiger partial charge is 0.339 e. The molecule has 3 aromatic rings. The van der Waals surface area contributed by atoms with Gasteiger partial charge in [0.05, 0.1) is 18.3 Å². The number of benzene rings is 1. The third-order valence-electron chi connectivity index (χ3n) is 5.37. The average molecular weight is 398 g/mol. The topological polar surface area (TPSA) is 113 Å². The minimum Gasteiger partial charge on any atom is -0.548 e. The van der Waals surface area contributed by atoms with Crippen molar-refractivity contribution in [2.45, 2.75) is 53.5 Å². The lowest BCUT2D eigenvalue weighted by atomic mass is 9.98. The van der Waals surface area contributed by atoms with Gasteiger partial charge in [0.1, 0.15) is 11.2 Å². The molecule has 7 nitrogen and oxygen atoms in total. The fraction of sp³-hybridized carbons (Fsp3) is 0.409. The maximum absolute atomic E-state index is 12.6.